The Bertz CT molecular complexity index is 818. The van der Waals surface area contributed by atoms with Gasteiger partial charge >= 0.3 is 0 Å². The highest BCUT2D eigenvalue weighted by atomic mass is 35.5. The predicted octanol–water partition coefficient (Wildman–Crippen LogP) is 4.88. The average molecular weight is 342 g/mol. The maximum Gasteiger partial charge on any atom is 0.131 e. The molecule has 0 radical (unpaired) electrons. The Morgan fingerprint density at radius 3 is 2.04 bits per heavy atom. The first-order valence-corrected chi connectivity index (χ1v) is 7.98. The maximum absolute atomic E-state index is 13.8. The lowest BCUT2D eigenvalue weighted by Gasteiger charge is -2.20. The monoisotopic (exact) mass is 341 g/mol. The van der Waals surface area contributed by atoms with E-state index in [2.05, 4.69) is 0 Å². The van der Waals surface area contributed by atoms with E-state index in [1.54, 1.807) is 66.7 Å². The first-order valence-electron chi connectivity index (χ1n) is 7.60. The van der Waals surface area contributed by atoms with Crippen LogP contribution in [0.4, 0.5) is 4.39 Å². The van der Waals surface area contributed by atoms with Crippen molar-refractivity contribution in [2.75, 3.05) is 0 Å². The first kappa shape index (κ1) is 16.7. The molecule has 0 bridgehead atoms. The molecule has 24 heavy (non-hydrogen) atoms. The van der Waals surface area contributed by atoms with Crippen molar-refractivity contribution in [3.05, 3.63) is 94.8 Å². The molecule has 3 rings (SSSR count). The minimum Gasteiger partial charge on any atom is -0.386 e. The van der Waals surface area contributed by atoms with Gasteiger partial charge in [-0.25, -0.2) is 4.39 Å². The van der Waals surface area contributed by atoms with Crippen molar-refractivity contribution in [3.8, 4) is 11.1 Å². The Labute approximate surface area is 145 Å². The molecule has 2 nitrogen and oxygen atoms in total. The minimum absolute atomic E-state index is 0.274. The minimum atomic E-state index is -0.860. The molecule has 0 amide bonds. The van der Waals surface area contributed by atoms with Gasteiger partial charge in [0.2, 0.25) is 0 Å². The van der Waals surface area contributed by atoms with Gasteiger partial charge in [-0.2, -0.15) is 0 Å². The van der Waals surface area contributed by atoms with E-state index in [0.29, 0.717) is 16.1 Å². The van der Waals surface area contributed by atoms with Crippen LogP contribution in [0, 0.1) is 5.82 Å². The summed E-state index contributed by atoms with van der Waals surface area (Å²) in [4.78, 5) is 0. The van der Waals surface area contributed by atoms with Crippen LogP contribution in [0.1, 0.15) is 23.3 Å². The van der Waals surface area contributed by atoms with E-state index in [9.17, 15) is 9.50 Å². The molecule has 0 fully saturated rings. The van der Waals surface area contributed by atoms with Gasteiger partial charge in [0.15, 0.2) is 0 Å². The summed E-state index contributed by atoms with van der Waals surface area (Å²) in [5, 5.41) is 11.1. The van der Waals surface area contributed by atoms with Gasteiger partial charge in [0.05, 0.1) is 12.1 Å². The third-order valence-electron chi connectivity index (χ3n) is 4.03. The largest absolute Gasteiger partial charge is 0.386 e. The zero-order valence-corrected chi connectivity index (χ0v) is 13.6. The van der Waals surface area contributed by atoms with E-state index < -0.39 is 12.1 Å². The number of hydrogen-bond donors (Lipinski definition) is 2. The third kappa shape index (κ3) is 3.49. The second kappa shape index (κ2) is 7.14. The zero-order chi connectivity index (χ0) is 17.1. The van der Waals surface area contributed by atoms with Crippen LogP contribution in [-0.4, -0.2) is 5.11 Å². The molecule has 3 aromatic rings. The van der Waals surface area contributed by atoms with Crippen molar-refractivity contribution in [1.82, 2.24) is 0 Å². The second-order valence-corrected chi connectivity index (χ2v) is 6.06. The topological polar surface area (TPSA) is 46.2 Å². The number of aliphatic hydroxyl groups is 1. The van der Waals surface area contributed by atoms with Crippen molar-refractivity contribution in [2.24, 2.45) is 5.73 Å². The number of hydrogen-bond acceptors (Lipinski definition) is 2. The molecule has 3 N–H and O–H groups in total. The number of nitrogens with two attached hydrogens (primary N) is 1. The van der Waals surface area contributed by atoms with Gasteiger partial charge in [-0.15, -0.1) is 0 Å². The summed E-state index contributed by atoms with van der Waals surface area (Å²) in [5.74, 6) is -0.274. The Hall–Kier alpha value is -2.20. The van der Waals surface area contributed by atoms with Crippen molar-refractivity contribution in [2.45, 2.75) is 12.1 Å². The predicted molar refractivity (Wildman–Crippen MR) is 95.2 cm³/mol. The van der Waals surface area contributed by atoms with Crippen LogP contribution in [0.5, 0.6) is 0 Å². The molecule has 0 heterocycles. The highest BCUT2D eigenvalue weighted by Gasteiger charge is 2.19. The van der Waals surface area contributed by atoms with Crippen molar-refractivity contribution in [1.29, 1.82) is 0 Å². The molecule has 0 saturated heterocycles. The summed E-state index contributed by atoms with van der Waals surface area (Å²) in [7, 11) is 0. The van der Waals surface area contributed by atoms with Crippen LogP contribution < -0.4 is 5.73 Å². The third-order valence-corrected chi connectivity index (χ3v) is 4.28. The number of aliphatic hydroxyl groups excluding tert-OH is 1. The Balaban J connectivity index is 1.82. The molecule has 0 spiro atoms. The first-order chi connectivity index (χ1) is 11.6. The summed E-state index contributed by atoms with van der Waals surface area (Å²) in [6.45, 7) is 0. The highest BCUT2D eigenvalue weighted by Crippen LogP contribution is 2.30. The molecule has 2 unspecified atom stereocenters. The van der Waals surface area contributed by atoms with E-state index in [4.69, 9.17) is 17.3 Å². The number of halogens is 2. The van der Waals surface area contributed by atoms with Crippen LogP contribution >= 0.6 is 11.6 Å². The summed E-state index contributed by atoms with van der Waals surface area (Å²) in [6, 6.07) is 20.2. The molecule has 0 aromatic heterocycles. The second-order valence-electron chi connectivity index (χ2n) is 5.62. The molecule has 2 atom stereocenters. The maximum atomic E-state index is 13.8. The molecular formula is C20H17ClFNO. The van der Waals surface area contributed by atoms with Gasteiger partial charge in [0.25, 0.3) is 0 Å². The standard InChI is InChI=1S/C20H17ClFNO/c21-16-11-9-14(10-12-16)19(23)20(24)15-7-5-13(6-8-15)17-3-1-2-4-18(17)22/h1-12,19-20,24H,23H2. The smallest absolute Gasteiger partial charge is 0.131 e. The Kier molecular flexibility index (Phi) is 4.95. The van der Waals surface area contributed by atoms with Crippen molar-refractivity contribution in [3.63, 3.8) is 0 Å². The molecule has 3 aromatic carbocycles. The quantitative estimate of drug-likeness (QED) is 0.710. The lowest BCUT2D eigenvalue weighted by molar-refractivity contribution is 0.147. The van der Waals surface area contributed by atoms with Crippen LogP contribution in [0.15, 0.2) is 72.8 Å². The van der Waals surface area contributed by atoms with Crippen LogP contribution in [0.25, 0.3) is 11.1 Å². The van der Waals surface area contributed by atoms with E-state index in [1.165, 1.54) is 6.07 Å². The van der Waals surface area contributed by atoms with Gasteiger partial charge in [0.1, 0.15) is 5.82 Å². The normalized spacial score (nSPS) is 13.5. The molecular weight excluding hydrogens is 325 g/mol. The van der Waals surface area contributed by atoms with Crippen LogP contribution in [-0.2, 0) is 0 Å². The van der Waals surface area contributed by atoms with Gasteiger partial charge in [0, 0.05) is 10.6 Å². The van der Waals surface area contributed by atoms with E-state index in [-0.39, 0.29) is 5.82 Å². The molecule has 122 valence electrons. The zero-order valence-electron chi connectivity index (χ0n) is 12.9. The molecule has 0 aliphatic rings. The van der Waals surface area contributed by atoms with Crippen molar-refractivity contribution < 1.29 is 9.50 Å². The summed E-state index contributed by atoms with van der Waals surface area (Å²) < 4.78 is 13.8. The molecule has 4 heteroatoms. The summed E-state index contributed by atoms with van der Waals surface area (Å²) in [5.41, 5.74) is 8.90. The van der Waals surface area contributed by atoms with E-state index in [0.717, 1.165) is 11.1 Å². The Morgan fingerprint density at radius 2 is 1.42 bits per heavy atom. The average Bonchev–Trinajstić information content (AvgIpc) is 2.62. The van der Waals surface area contributed by atoms with Gasteiger partial charge in [-0.1, -0.05) is 66.2 Å². The Morgan fingerprint density at radius 1 is 0.833 bits per heavy atom. The summed E-state index contributed by atoms with van der Waals surface area (Å²) >= 11 is 5.87. The number of benzene rings is 3. The molecule has 0 saturated carbocycles. The van der Waals surface area contributed by atoms with Gasteiger partial charge in [-0.3, -0.25) is 0 Å². The van der Waals surface area contributed by atoms with E-state index in [1.807, 2.05) is 0 Å². The summed E-state index contributed by atoms with van der Waals surface area (Å²) in [6.07, 6.45) is -0.860. The lowest BCUT2D eigenvalue weighted by Crippen LogP contribution is -2.19. The fraction of sp³-hybridized carbons (Fsp3) is 0.100. The van der Waals surface area contributed by atoms with Gasteiger partial charge < -0.3 is 10.8 Å². The fourth-order valence-corrected chi connectivity index (χ4v) is 2.76. The molecule has 0 aliphatic carbocycles. The van der Waals surface area contributed by atoms with Crippen LogP contribution in [0.2, 0.25) is 5.02 Å². The van der Waals surface area contributed by atoms with Crippen molar-refractivity contribution >= 4 is 11.6 Å². The van der Waals surface area contributed by atoms with Crippen LogP contribution in [0.3, 0.4) is 0 Å². The lowest BCUT2D eigenvalue weighted by atomic mass is 9.95. The SMILES string of the molecule is NC(c1ccc(Cl)cc1)C(O)c1ccc(-c2ccccc2F)cc1. The fourth-order valence-electron chi connectivity index (χ4n) is 2.63. The van der Waals surface area contributed by atoms with E-state index >= 15 is 0 Å². The number of rotatable bonds is 4. The molecule has 0 aliphatic heterocycles. The highest BCUT2D eigenvalue weighted by molar-refractivity contribution is 6.30. The van der Waals surface area contributed by atoms with Gasteiger partial charge in [-0.05, 0) is 34.9 Å².